The fourth-order valence-electron chi connectivity index (χ4n) is 2.94. The molecule has 3 aromatic rings. The Balaban J connectivity index is 1.77. The van der Waals surface area contributed by atoms with Gasteiger partial charge in [-0.2, -0.15) is 0 Å². The molecule has 0 aliphatic heterocycles. The van der Waals surface area contributed by atoms with E-state index in [9.17, 15) is 19.7 Å². The number of anilines is 1. The summed E-state index contributed by atoms with van der Waals surface area (Å²) in [7, 11) is 0. The molecule has 0 fully saturated rings. The van der Waals surface area contributed by atoms with Gasteiger partial charge in [-0.1, -0.05) is 23.4 Å². The SMILES string of the molecule is CCOCCCn1c(SCC(=O)Nc2ccc([N+](=O)[O-])cc2)nc2cc(Cl)ccc2c1=O. The molecule has 0 unspecified atom stereocenters. The van der Waals surface area contributed by atoms with E-state index >= 15 is 0 Å². The summed E-state index contributed by atoms with van der Waals surface area (Å²) in [5.74, 6) is -0.328. The molecular formula is C21H21ClN4O5S. The van der Waals surface area contributed by atoms with Crippen molar-refractivity contribution < 1.29 is 14.5 Å². The number of aromatic nitrogens is 2. The lowest BCUT2D eigenvalue weighted by Crippen LogP contribution is -2.25. The summed E-state index contributed by atoms with van der Waals surface area (Å²) in [6, 6.07) is 10.4. The number of hydrogen-bond donors (Lipinski definition) is 1. The number of thioether (sulfide) groups is 1. The number of amides is 1. The first-order chi connectivity index (χ1) is 15.4. The van der Waals surface area contributed by atoms with E-state index in [4.69, 9.17) is 16.3 Å². The fourth-order valence-corrected chi connectivity index (χ4v) is 3.94. The summed E-state index contributed by atoms with van der Waals surface area (Å²) in [6.45, 7) is 3.40. The van der Waals surface area contributed by atoms with Crippen LogP contribution in [0.25, 0.3) is 10.9 Å². The summed E-state index contributed by atoms with van der Waals surface area (Å²) < 4.78 is 6.90. The monoisotopic (exact) mass is 476 g/mol. The molecule has 0 bridgehead atoms. The zero-order chi connectivity index (χ0) is 23.1. The lowest BCUT2D eigenvalue weighted by atomic mass is 10.2. The Morgan fingerprint density at radius 3 is 2.72 bits per heavy atom. The highest BCUT2D eigenvalue weighted by atomic mass is 35.5. The quantitative estimate of drug-likeness (QED) is 0.154. The van der Waals surface area contributed by atoms with Gasteiger partial charge in [0, 0.05) is 42.6 Å². The first-order valence-corrected chi connectivity index (χ1v) is 11.2. The summed E-state index contributed by atoms with van der Waals surface area (Å²) >= 11 is 7.18. The van der Waals surface area contributed by atoms with Gasteiger partial charge in [-0.3, -0.25) is 24.3 Å². The molecule has 11 heteroatoms. The van der Waals surface area contributed by atoms with Gasteiger partial charge in [0.2, 0.25) is 5.91 Å². The van der Waals surface area contributed by atoms with Crippen LogP contribution < -0.4 is 10.9 Å². The molecule has 1 aromatic heterocycles. The normalized spacial score (nSPS) is 10.9. The van der Waals surface area contributed by atoms with Gasteiger partial charge < -0.3 is 10.1 Å². The molecule has 0 saturated heterocycles. The summed E-state index contributed by atoms with van der Waals surface area (Å²) in [4.78, 5) is 40.2. The predicted octanol–water partition coefficient (Wildman–Crippen LogP) is 4.12. The van der Waals surface area contributed by atoms with Crippen molar-refractivity contribution in [3.8, 4) is 0 Å². The highest BCUT2D eigenvalue weighted by Gasteiger charge is 2.14. The molecule has 9 nitrogen and oxygen atoms in total. The van der Waals surface area contributed by atoms with Crippen LogP contribution in [0.5, 0.6) is 0 Å². The maximum absolute atomic E-state index is 13.0. The van der Waals surface area contributed by atoms with Crippen LogP contribution in [-0.4, -0.2) is 39.3 Å². The number of rotatable bonds is 10. The number of nitrogens with one attached hydrogen (secondary N) is 1. The van der Waals surface area contributed by atoms with E-state index < -0.39 is 4.92 Å². The number of carbonyl (C=O) groups excluding carboxylic acids is 1. The largest absolute Gasteiger partial charge is 0.382 e. The zero-order valence-electron chi connectivity index (χ0n) is 17.2. The molecule has 0 aliphatic carbocycles. The minimum absolute atomic E-state index is 0.000952. The van der Waals surface area contributed by atoms with E-state index in [-0.39, 0.29) is 22.9 Å². The molecule has 3 rings (SSSR count). The maximum atomic E-state index is 13.0. The number of fused-ring (bicyclic) bond motifs is 1. The highest BCUT2D eigenvalue weighted by Crippen LogP contribution is 2.21. The van der Waals surface area contributed by atoms with Gasteiger partial charge in [-0.25, -0.2) is 4.98 Å². The van der Waals surface area contributed by atoms with Gasteiger partial charge in [0.1, 0.15) is 0 Å². The minimum atomic E-state index is -0.510. The average molecular weight is 477 g/mol. The van der Waals surface area contributed by atoms with Gasteiger partial charge in [0.15, 0.2) is 5.16 Å². The first-order valence-electron chi connectivity index (χ1n) is 9.84. The molecule has 32 heavy (non-hydrogen) atoms. The topological polar surface area (TPSA) is 116 Å². The van der Waals surface area contributed by atoms with E-state index in [0.717, 1.165) is 11.8 Å². The number of nitrogens with zero attached hydrogens (tertiary/aromatic N) is 3. The Morgan fingerprint density at radius 1 is 1.28 bits per heavy atom. The van der Waals surface area contributed by atoms with E-state index in [2.05, 4.69) is 10.3 Å². The van der Waals surface area contributed by atoms with Crippen LogP contribution in [0.4, 0.5) is 11.4 Å². The van der Waals surface area contributed by atoms with Crippen molar-refractivity contribution in [2.75, 3.05) is 24.3 Å². The van der Waals surface area contributed by atoms with E-state index in [1.165, 1.54) is 24.3 Å². The number of non-ortho nitro benzene ring substituents is 1. The lowest BCUT2D eigenvalue weighted by Gasteiger charge is -2.13. The van der Waals surface area contributed by atoms with Crippen molar-refractivity contribution in [3.63, 3.8) is 0 Å². The van der Waals surface area contributed by atoms with Crippen molar-refractivity contribution in [2.24, 2.45) is 0 Å². The molecule has 0 radical (unpaired) electrons. The van der Waals surface area contributed by atoms with Crippen LogP contribution >= 0.6 is 23.4 Å². The van der Waals surface area contributed by atoms with Gasteiger partial charge >= 0.3 is 0 Å². The standard InChI is InChI=1S/C21H21ClN4O5S/c1-2-31-11-3-10-25-20(28)17-9-4-14(22)12-18(17)24-21(25)32-13-19(27)23-15-5-7-16(8-6-15)26(29)30/h4-9,12H,2-3,10-11,13H2,1H3,(H,23,27). The number of hydrogen-bond acceptors (Lipinski definition) is 7. The number of nitro benzene ring substituents is 1. The van der Waals surface area contributed by atoms with Crippen LogP contribution in [-0.2, 0) is 16.1 Å². The second kappa shape index (κ2) is 11.1. The average Bonchev–Trinajstić information content (AvgIpc) is 2.76. The zero-order valence-corrected chi connectivity index (χ0v) is 18.8. The van der Waals surface area contributed by atoms with Crippen LogP contribution in [0.1, 0.15) is 13.3 Å². The van der Waals surface area contributed by atoms with Crippen LogP contribution in [0.2, 0.25) is 5.02 Å². The molecule has 0 saturated carbocycles. The molecule has 0 spiro atoms. The number of benzene rings is 2. The molecule has 1 amide bonds. The Kier molecular flexibility index (Phi) is 8.20. The van der Waals surface area contributed by atoms with Crippen molar-refractivity contribution in [2.45, 2.75) is 25.0 Å². The van der Waals surface area contributed by atoms with Crippen molar-refractivity contribution >= 4 is 51.5 Å². The van der Waals surface area contributed by atoms with Gasteiger partial charge in [-0.05, 0) is 43.7 Å². The molecule has 0 aliphatic rings. The first kappa shape index (κ1) is 23.7. The molecule has 2 aromatic carbocycles. The fraction of sp³-hybridized carbons (Fsp3) is 0.286. The molecule has 1 heterocycles. The number of carbonyl (C=O) groups is 1. The van der Waals surface area contributed by atoms with Crippen molar-refractivity contribution in [3.05, 3.63) is 68.0 Å². The minimum Gasteiger partial charge on any atom is -0.382 e. The Hall–Kier alpha value is -2.95. The second-order valence-electron chi connectivity index (χ2n) is 6.70. The third-order valence-electron chi connectivity index (χ3n) is 4.45. The number of nitro groups is 1. The Labute approximate surface area is 192 Å². The van der Waals surface area contributed by atoms with Crippen LogP contribution in [0.15, 0.2) is 52.4 Å². The predicted molar refractivity (Wildman–Crippen MR) is 125 cm³/mol. The summed E-state index contributed by atoms with van der Waals surface area (Å²) in [6.07, 6.45) is 0.622. The molecular weight excluding hydrogens is 456 g/mol. The van der Waals surface area contributed by atoms with Gasteiger partial charge in [0.25, 0.3) is 11.2 Å². The van der Waals surface area contributed by atoms with E-state index in [1.54, 1.807) is 22.8 Å². The Morgan fingerprint density at radius 2 is 2.03 bits per heavy atom. The smallest absolute Gasteiger partial charge is 0.269 e. The third kappa shape index (κ3) is 6.06. The number of halogens is 1. The molecule has 168 valence electrons. The van der Waals surface area contributed by atoms with Crippen LogP contribution in [0.3, 0.4) is 0 Å². The van der Waals surface area contributed by atoms with E-state index in [1.807, 2.05) is 6.92 Å². The van der Waals surface area contributed by atoms with Crippen molar-refractivity contribution in [1.82, 2.24) is 9.55 Å². The molecule has 1 N–H and O–H groups in total. The van der Waals surface area contributed by atoms with Gasteiger partial charge in [0.05, 0.1) is 21.6 Å². The lowest BCUT2D eigenvalue weighted by molar-refractivity contribution is -0.384. The maximum Gasteiger partial charge on any atom is 0.269 e. The third-order valence-corrected chi connectivity index (χ3v) is 5.66. The highest BCUT2D eigenvalue weighted by molar-refractivity contribution is 7.99. The van der Waals surface area contributed by atoms with Crippen molar-refractivity contribution in [1.29, 1.82) is 0 Å². The van der Waals surface area contributed by atoms with Gasteiger partial charge in [-0.15, -0.1) is 0 Å². The van der Waals surface area contributed by atoms with E-state index in [0.29, 0.717) is 52.9 Å². The van der Waals surface area contributed by atoms with Crippen LogP contribution in [0, 0.1) is 10.1 Å². The number of ether oxygens (including phenoxy) is 1. The second-order valence-corrected chi connectivity index (χ2v) is 8.08. The molecule has 0 atom stereocenters. The summed E-state index contributed by atoms with van der Waals surface area (Å²) in [5.41, 5.74) is 0.629. The Bertz CT molecular complexity index is 1180. The summed E-state index contributed by atoms with van der Waals surface area (Å²) in [5, 5.41) is 14.7.